The molecule has 0 saturated heterocycles. The number of aromatic nitrogens is 2. The fourth-order valence-corrected chi connectivity index (χ4v) is 3.90. The van der Waals surface area contributed by atoms with Crippen molar-refractivity contribution < 1.29 is 17.8 Å². The van der Waals surface area contributed by atoms with Crippen LogP contribution in [0, 0.1) is 11.3 Å². The Balaban J connectivity index is 2.14. The van der Waals surface area contributed by atoms with Crippen molar-refractivity contribution in [3.63, 3.8) is 0 Å². The molecule has 0 saturated carbocycles. The molecule has 2 aromatic heterocycles. The molecule has 3 heteroatoms. The van der Waals surface area contributed by atoms with Gasteiger partial charge in [0.25, 0.3) is 0 Å². The Labute approximate surface area is 220 Å². The highest BCUT2D eigenvalue weighted by Crippen LogP contribution is 2.36. The second-order valence-corrected chi connectivity index (χ2v) is 10.2. The van der Waals surface area contributed by atoms with Crippen molar-refractivity contribution in [2.75, 3.05) is 0 Å². The fraction of sp³-hybridized carbons (Fsp3) is 0.258. The van der Waals surface area contributed by atoms with Gasteiger partial charge in [0, 0.05) is 34.5 Å². The summed E-state index contributed by atoms with van der Waals surface area (Å²) in [6.45, 7) is 10.5. The van der Waals surface area contributed by atoms with E-state index in [0.29, 0.717) is 0 Å². The van der Waals surface area contributed by atoms with Gasteiger partial charge in [-0.05, 0) is 52.2 Å². The predicted molar refractivity (Wildman–Crippen MR) is 142 cm³/mol. The van der Waals surface area contributed by atoms with Crippen LogP contribution in [0.15, 0.2) is 78.8 Å². The first-order chi connectivity index (χ1) is 21.5. The molecule has 2 heterocycles. The van der Waals surface area contributed by atoms with E-state index in [9.17, 15) is 9.37 Å². The van der Waals surface area contributed by atoms with Crippen molar-refractivity contribution in [1.82, 2.24) is 9.13 Å². The van der Waals surface area contributed by atoms with E-state index in [1.54, 1.807) is 47.6 Å². The van der Waals surface area contributed by atoms with Crippen LogP contribution < -0.4 is 0 Å². The molecule has 0 N–H and O–H groups in total. The zero-order chi connectivity index (χ0) is 35.6. The molecule has 0 aliphatic carbocycles. The minimum Gasteiger partial charge on any atom is -0.316 e. The molecular weight excluding hydrogens is 414 g/mol. The Bertz CT molecular complexity index is 2110. The highest BCUT2D eigenvalue weighted by molar-refractivity contribution is 5.88. The van der Waals surface area contributed by atoms with Crippen molar-refractivity contribution in [1.29, 1.82) is 5.26 Å². The molecule has 170 valence electrons. The lowest BCUT2D eigenvalue weighted by atomic mass is 9.87. The predicted octanol–water partition coefficient (Wildman–Crippen LogP) is 8.04. The summed E-state index contributed by atoms with van der Waals surface area (Å²) < 4.78 is 116. The van der Waals surface area contributed by atoms with Crippen molar-refractivity contribution in [3.8, 4) is 17.4 Å². The summed E-state index contributed by atoms with van der Waals surface area (Å²) in [5.41, 5.74) is -3.23. The molecule has 0 bridgehead atoms. The topological polar surface area (TPSA) is 33.6 Å². The molecule has 0 amide bonds. The SMILES string of the molecule is [2H]c1c(C#N)c([2H])c(-n2c([2H])c(C(C)(C)C)c3c([2H])c([2H])c([2H])c([2H])c32)c([2H])c1-n1c([2H])c(C(C)(C)C)c2c([2H])c([2H])c([2H])c([2H])c21. The summed E-state index contributed by atoms with van der Waals surface area (Å²) in [5.74, 6) is 0. The maximum Gasteiger partial charge on any atom is 0.0993 e. The van der Waals surface area contributed by atoms with Crippen LogP contribution in [0.2, 0.25) is 0 Å². The maximum atomic E-state index is 10.2. The minimum absolute atomic E-state index is 0.000892. The molecule has 0 aliphatic heterocycles. The van der Waals surface area contributed by atoms with Gasteiger partial charge in [-0.1, -0.05) is 77.8 Å². The Morgan fingerprint density at radius 1 is 0.676 bits per heavy atom. The molecule has 5 aromatic rings. The quantitative estimate of drug-likeness (QED) is 0.263. The Morgan fingerprint density at radius 3 is 1.47 bits per heavy atom. The number of hydrogen-bond acceptors (Lipinski definition) is 1. The highest BCUT2D eigenvalue weighted by Gasteiger charge is 2.23. The summed E-state index contributed by atoms with van der Waals surface area (Å²) >= 11 is 0. The fourth-order valence-electron chi connectivity index (χ4n) is 3.90. The first-order valence-corrected chi connectivity index (χ1v) is 10.8. The third kappa shape index (κ3) is 3.60. The number of hydrogen-bond donors (Lipinski definition) is 0. The van der Waals surface area contributed by atoms with Gasteiger partial charge < -0.3 is 9.13 Å². The van der Waals surface area contributed by atoms with E-state index in [1.807, 2.05) is 0 Å². The zero-order valence-electron chi connectivity index (χ0n) is 32.8. The lowest BCUT2D eigenvalue weighted by Gasteiger charge is -2.17. The van der Waals surface area contributed by atoms with Gasteiger partial charge in [-0.25, -0.2) is 0 Å². The van der Waals surface area contributed by atoms with E-state index in [0.717, 1.165) is 9.13 Å². The molecular formula is C31H31N3. The Hall–Kier alpha value is -3.77. The number of nitriles is 1. The molecule has 3 aromatic carbocycles. The second-order valence-electron chi connectivity index (χ2n) is 10.2. The summed E-state index contributed by atoms with van der Waals surface area (Å²) in [5, 5.41) is 10.2. The zero-order valence-corrected chi connectivity index (χ0v) is 19.8. The van der Waals surface area contributed by atoms with Crippen molar-refractivity contribution in [3.05, 3.63) is 95.5 Å². The molecule has 0 radical (unpaired) electrons. The maximum absolute atomic E-state index is 10.2. The van der Waals surface area contributed by atoms with E-state index in [1.165, 1.54) is 0 Å². The normalized spacial score (nSPS) is 17.7. The second kappa shape index (κ2) is 7.64. The highest BCUT2D eigenvalue weighted by atomic mass is 15.0. The molecule has 0 atom stereocenters. The number of nitrogens with zero attached hydrogens (tertiary/aromatic N) is 3. The van der Waals surface area contributed by atoms with Gasteiger partial charge in [-0.2, -0.15) is 5.26 Å². The van der Waals surface area contributed by atoms with Gasteiger partial charge in [-0.3, -0.25) is 0 Å². The molecule has 0 unspecified atom stereocenters. The average Bonchev–Trinajstić information content (AvgIpc) is 3.45. The molecule has 0 fully saturated rings. The third-order valence-electron chi connectivity index (χ3n) is 5.51. The Kier molecular flexibility index (Phi) is 2.60. The standard InChI is InChI=1S/C31H31N3/c1-30(2,3)26-19-33(28-13-9-7-11-24(26)28)22-15-21(18-32)16-23(17-22)34-20-27(31(4,5)6)25-12-8-10-14-29(25)34/h7-17,19-20H,1-6H3/i7D,8D,9D,10D,11D,12D,13D,14D,15D,16D,17D,19D,20D. The average molecular weight is 459 g/mol. The van der Waals surface area contributed by atoms with Crippen molar-refractivity contribution >= 4 is 21.8 Å². The van der Waals surface area contributed by atoms with Gasteiger partial charge in [-0.15, -0.1) is 0 Å². The van der Waals surface area contributed by atoms with Gasteiger partial charge in [0.15, 0.2) is 0 Å². The van der Waals surface area contributed by atoms with Gasteiger partial charge >= 0.3 is 0 Å². The minimum atomic E-state index is -0.866. The Morgan fingerprint density at radius 2 is 1.09 bits per heavy atom. The number of fused-ring (bicyclic) bond motifs is 2. The van der Waals surface area contributed by atoms with Gasteiger partial charge in [0.05, 0.1) is 40.5 Å². The van der Waals surface area contributed by atoms with Crippen LogP contribution in [0.5, 0.6) is 0 Å². The lowest BCUT2D eigenvalue weighted by Crippen LogP contribution is -2.10. The van der Waals surface area contributed by atoms with E-state index in [2.05, 4.69) is 0 Å². The van der Waals surface area contributed by atoms with E-state index < -0.39 is 94.2 Å². The molecule has 34 heavy (non-hydrogen) atoms. The van der Waals surface area contributed by atoms with Crippen LogP contribution >= 0.6 is 0 Å². The van der Waals surface area contributed by atoms with E-state index in [-0.39, 0.29) is 45.3 Å². The van der Waals surface area contributed by atoms with Crippen LogP contribution in [0.25, 0.3) is 33.2 Å². The monoisotopic (exact) mass is 458 g/mol. The number of rotatable bonds is 2. The van der Waals surface area contributed by atoms with Crippen LogP contribution in [-0.4, -0.2) is 9.13 Å². The smallest absolute Gasteiger partial charge is 0.0993 e. The molecule has 3 nitrogen and oxygen atoms in total. The largest absolute Gasteiger partial charge is 0.316 e. The summed E-state index contributed by atoms with van der Waals surface area (Å²) in [7, 11) is 0. The van der Waals surface area contributed by atoms with Crippen LogP contribution in [0.4, 0.5) is 0 Å². The van der Waals surface area contributed by atoms with Crippen molar-refractivity contribution in [2.45, 2.75) is 52.4 Å². The van der Waals surface area contributed by atoms with Crippen molar-refractivity contribution in [2.24, 2.45) is 0 Å². The summed E-state index contributed by atoms with van der Waals surface area (Å²) in [6, 6.07) is -4.43. The third-order valence-corrected chi connectivity index (χ3v) is 5.51. The first kappa shape index (κ1) is 11.6. The van der Waals surface area contributed by atoms with E-state index >= 15 is 0 Å². The number of benzene rings is 3. The van der Waals surface area contributed by atoms with Crippen LogP contribution in [0.3, 0.4) is 0 Å². The first-order valence-electron chi connectivity index (χ1n) is 17.3. The van der Waals surface area contributed by atoms with Crippen LogP contribution in [0.1, 0.15) is 76.1 Å². The number of para-hydroxylation sites is 2. The van der Waals surface area contributed by atoms with Gasteiger partial charge in [0.2, 0.25) is 0 Å². The van der Waals surface area contributed by atoms with Crippen LogP contribution in [-0.2, 0) is 10.8 Å². The summed E-state index contributed by atoms with van der Waals surface area (Å²) in [6.07, 6.45) is -0.732. The lowest BCUT2D eigenvalue weighted by molar-refractivity contribution is 0.594. The van der Waals surface area contributed by atoms with Gasteiger partial charge in [0.1, 0.15) is 0 Å². The summed E-state index contributed by atoms with van der Waals surface area (Å²) in [4.78, 5) is 0. The molecule has 5 rings (SSSR count). The molecule has 0 spiro atoms. The molecule has 0 aliphatic rings. The van der Waals surface area contributed by atoms with E-state index in [4.69, 9.17) is 13.7 Å².